The Hall–Kier alpha value is -3.54. The molecule has 3 aromatic carbocycles. The highest BCUT2D eigenvalue weighted by Gasteiger charge is 2.36. The molecule has 1 aliphatic heterocycles. The van der Waals surface area contributed by atoms with Crippen molar-refractivity contribution in [1.82, 2.24) is 4.90 Å². The molecule has 0 bridgehead atoms. The third kappa shape index (κ3) is 7.15. The minimum Gasteiger partial charge on any atom is -0.495 e. The topological polar surface area (TPSA) is 94.2 Å². The first kappa shape index (κ1) is 29.4. The summed E-state index contributed by atoms with van der Waals surface area (Å²) in [5, 5.41) is 2.36. The molecular formula is C28H23BrClFN2O6S. The second-order valence-electron chi connectivity index (χ2n) is 8.34. The Morgan fingerprint density at radius 1 is 1.10 bits per heavy atom. The lowest BCUT2D eigenvalue weighted by Gasteiger charge is -2.15. The van der Waals surface area contributed by atoms with Crippen LogP contribution in [-0.4, -0.2) is 42.2 Å². The molecule has 3 amide bonds. The molecule has 1 aliphatic rings. The number of carbonyl (C=O) groups is 3. The molecule has 0 spiro atoms. The van der Waals surface area contributed by atoms with Crippen LogP contribution >= 0.6 is 39.3 Å². The van der Waals surface area contributed by atoms with E-state index in [4.69, 9.17) is 25.8 Å². The van der Waals surface area contributed by atoms with Crippen LogP contribution < -0.4 is 19.5 Å². The smallest absolute Gasteiger partial charge is 0.294 e. The Bertz CT molecular complexity index is 1480. The first-order valence-corrected chi connectivity index (χ1v) is 13.9. The van der Waals surface area contributed by atoms with Crippen LogP contribution in [0.2, 0.25) is 5.02 Å². The molecule has 0 aromatic heterocycles. The van der Waals surface area contributed by atoms with E-state index in [9.17, 15) is 18.8 Å². The van der Waals surface area contributed by atoms with Gasteiger partial charge in [-0.2, -0.15) is 0 Å². The zero-order chi connectivity index (χ0) is 28.8. The van der Waals surface area contributed by atoms with Crippen LogP contribution in [0.3, 0.4) is 0 Å². The predicted molar refractivity (Wildman–Crippen MR) is 155 cm³/mol. The molecule has 12 heteroatoms. The van der Waals surface area contributed by atoms with Crippen molar-refractivity contribution < 1.29 is 33.0 Å². The second-order valence-corrected chi connectivity index (χ2v) is 10.6. The molecule has 1 heterocycles. The van der Waals surface area contributed by atoms with Crippen LogP contribution in [0.5, 0.6) is 17.2 Å². The van der Waals surface area contributed by atoms with Crippen LogP contribution in [0, 0.1) is 5.82 Å². The van der Waals surface area contributed by atoms with E-state index < -0.39 is 23.6 Å². The number of benzene rings is 3. The van der Waals surface area contributed by atoms with Gasteiger partial charge in [0.05, 0.1) is 28.1 Å². The fourth-order valence-corrected chi connectivity index (χ4v) is 5.36. The zero-order valence-corrected chi connectivity index (χ0v) is 24.5. The highest BCUT2D eigenvalue weighted by atomic mass is 79.9. The van der Waals surface area contributed by atoms with Gasteiger partial charge in [0.2, 0.25) is 5.91 Å². The van der Waals surface area contributed by atoms with Crippen LogP contribution in [0.4, 0.5) is 14.9 Å². The quantitative estimate of drug-likeness (QED) is 0.239. The maximum Gasteiger partial charge on any atom is 0.294 e. The minimum absolute atomic E-state index is 0.152. The van der Waals surface area contributed by atoms with E-state index in [2.05, 4.69) is 21.2 Å². The average Bonchev–Trinajstić information content (AvgIpc) is 3.16. The standard InChI is InChI=1S/C28H23BrClFN2O6S/c1-3-38-23-11-17(10-20(29)26(23)39-15-16-4-6-18(31)7-5-16)12-24-27(35)33(28(36)40-24)14-25(34)32-19-8-9-22(37-2)21(30)13-19/h4-13H,3,14-15H2,1-2H3,(H,32,34)/b24-12-. The minimum atomic E-state index is -0.594. The lowest BCUT2D eigenvalue weighted by Crippen LogP contribution is -2.36. The molecule has 0 atom stereocenters. The number of carbonyl (C=O) groups excluding carboxylic acids is 3. The fourth-order valence-electron chi connectivity index (χ4n) is 3.69. The summed E-state index contributed by atoms with van der Waals surface area (Å²) in [7, 11) is 1.47. The number of imide groups is 1. The van der Waals surface area contributed by atoms with Crippen molar-refractivity contribution in [2.75, 3.05) is 25.6 Å². The summed E-state index contributed by atoms with van der Waals surface area (Å²) in [6.07, 6.45) is 1.54. The van der Waals surface area contributed by atoms with Crippen LogP contribution in [0.15, 0.2) is 64.0 Å². The summed E-state index contributed by atoms with van der Waals surface area (Å²) in [6, 6.07) is 14.1. The molecule has 0 radical (unpaired) electrons. The van der Waals surface area contributed by atoms with Crippen molar-refractivity contribution in [1.29, 1.82) is 0 Å². The summed E-state index contributed by atoms with van der Waals surface area (Å²) < 4.78 is 30.5. The van der Waals surface area contributed by atoms with E-state index >= 15 is 0 Å². The van der Waals surface area contributed by atoms with Crippen molar-refractivity contribution in [2.24, 2.45) is 0 Å². The normalized spacial score (nSPS) is 14.0. The van der Waals surface area contributed by atoms with Gasteiger partial charge in [0.15, 0.2) is 11.5 Å². The number of nitrogens with zero attached hydrogens (tertiary/aromatic N) is 1. The number of amides is 3. The third-order valence-corrected chi connectivity index (χ3v) is 7.33. The number of hydrogen-bond donors (Lipinski definition) is 1. The molecule has 3 aromatic rings. The highest BCUT2D eigenvalue weighted by Crippen LogP contribution is 2.40. The number of halogens is 3. The van der Waals surface area contributed by atoms with Gasteiger partial charge >= 0.3 is 0 Å². The number of anilines is 1. The van der Waals surface area contributed by atoms with Crippen molar-refractivity contribution in [2.45, 2.75) is 13.5 Å². The number of methoxy groups -OCH3 is 1. The van der Waals surface area contributed by atoms with E-state index in [1.807, 2.05) is 6.92 Å². The number of thioether (sulfide) groups is 1. The maximum absolute atomic E-state index is 13.2. The summed E-state index contributed by atoms with van der Waals surface area (Å²) in [6.45, 7) is 1.89. The first-order valence-electron chi connectivity index (χ1n) is 11.9. The highest BCUT2D eigenvalue weighted by molar-refractivity contribution is 9.10. The van der Waals surface area contributed by atoms with Gasteiger partial charge < -0.3 is 19.5 Å². The van der Waals surface area contributed by atoms with Crippen molar-refractivity contribution in [3.63, 3.8) is 0 Å². The van der Waals surface area contributed by atoms with Crippen LogP contribution in [-0.2, 0) is 16.2 Å². The Morgan fingerprint density at radius 3 is 2.52 bits per heavy atom. The number of hydrogen-bond acceptors (Lipinski definition) is 7. The van der Waals surface area contributed by atoms with Gasteiger partial charge in [-0.3, -0.25) is 19.3 Å². The van der Waals surface area contributed by atoms with E-state index in [-0.39, 0.29) is 17.3 Å². The third-order valence-electron chi connectivity index (χ3n) is 5.54. The molecule has 0 saturated carbocycles. The van der Waals surface area contributed by atoms with Gasteiger partial charge in [-0.15, -0.1) is 0 Å². The lowest BCUT2D eigenvalue weighted by molar-refractivity contribution is -0.127. The van der Waals surface area contributed by atoms with E-state index in [1.54, 1.807) is 42.5 Å². The number of nitrogens with one attached hydrogen (secondary N) is 1. The van der Waals surface area contributed by atoms with Gasteiger partial charge in [-0.1, -0.05) is 23.7 Å². The van der Waals surface area contributed by atoms with E-state index in [0.717, 1.165) is 22.2 Å². The second kappa shape index (κ2) is 13.2. The molecule has 0 unspecified atom stereocenters. The first-order chi connectivity index (χ1) is 19.2. The van der Waals surface area contributed by atoms with Crippen LogP contribution in [0.25, 0.3) is 6.08 Å². The van der Waals surface area contributed by atoms with Gasteiger partial charge in [0.1, 0.15) is 24.7 Å². The van der Waals surface area contributed by atoms with Crippen LogP contribution in [0.1, 0.15) is 18.1 Å². The SMILES string of the molecule is CCOc1cc(/C=C2\SC(=O)N(CC(=O)Nc3ccc(OC)c(Cl)c3)C2=O)cc(Br)c1OCc1ccc(F)cc1. The number of ether oxygens (including phenoxy) is 3. The van der Waals surface area contributed by atoms with Gasteiger partial charge in [0, 0.05) is 5.69 Å². The monoisotopic (exact) mass is 648 g/mol. The molecule has 208 valence electrons. The Kier molecular flexibility index (Phi) is 9.72. The van der Waals surface area contributed by atoms with Gasteiger partial charge in [-0.25, -0.2) is 4.39 Å². The maximum atomic E-state index is 13.2. The average molecular weight is 650 g/mol. The molecule has 40 heavy (non-hydrogen) atoms. The summed E-state index contributed by atoms with van der Waals surface area (Å²) >= 11 is 10.3. The molecule has 1 saturated heterocycles. The van der Waals surface area contributed by atoms with Gasteiger partial charge in [0.25, 0.3) is 11.1 Å². The number of rotatable bonds is 10. The lowest BCUT2D eigenvalue weighted by atomic mass is 10.1. The summed E-state index contributed by atoms with van der Waals surface area (Å²) in [5.74, 6) is -0.190. The zero-order valence-electron chi connectivity index (χ0n) is 21.3. The van der Waals surface area contributed by atoms with Gasteiger partial charge in [-0.05, 0) is 94.3 Å². The molecule has 1 fully saturated rings. The molecule has 8 nitrogen and oxygen atoms in total. The summed E-state index contributed by atoms with van der Waals surface area (Å²) in [4.78, 5) is 39.1. The molecular weight excluding hydrogens is 627 g/mol. The van der Waals surface area contributed by atoms with Crippen molar-refractivity contribution >= 4 is 68.1 Å². The van der Waals surface area contributed by atoms with E-state index in [1.165, 1.54) is 25.3 Å². The van der Waals surface area contributed by atoms with E-state index in [0.29, 0.717) is 44.6 Å². The fraction of sp³-hybridized carbons (Fsp3) is 0.179. The molecule has 0 aliphatic carbocycles. The Morgan fingerprint density at radius 2 is 1.85 bits per heavy atom. The summed E-state index contributed by atoms with van der Waals surface area (Å²) in [5.41, 5.74) is 1.74. The molecule has 4 rings (SSSR count). The largest absolute Gasteiger partial charge is 0.495 e. The van der Waals surface area contributed by atoms with Crippen molar-refractivity contribution in [3.05, 3.63) is 85.9 Å². The predicted octanol–water partition coefficient (Wildman–Crippen LogP) is 6.90. The Balaban J connectivity index is 1.47. The van der Waals surface area contributed by atoms with Crippen molar-refractivity contribution in [3.8, 4) is 17.2 Å². The Labute approximate surface area is 247 Å². The molecule has 1 N–H and O–H groups in total.